The Labute approximate surface area is 120 Å². The average Bonchev–Trinajstić information content (AvgIpc) is 2.30. The van der Waals surface area contributed by atoms with Gasteiger partial charge in [0.25, 0.3) is 0 Å². The number of rotatable bonds is 1. The van der Waals surface area contributed by atoms with Crippen molar-refractivity contribution in [3.8, 4) is 0 Å². The van der Waals surface area contributed by atoms with Crippen molar-refractivity contribution in [2.45, 2.75) is 25.7 Å². The van der Waals surface area contributed by atoms with E-state index >= 15 is 0 Å². The number of carbonyl (C=O) groups excluding carboxylic acids is 1. The maximum absolute atomic E-state index is 10.0. The van der Waals surface area contributed by atoms with Crippen molar-refractivity contribution < 1.29 is 29.4 Å². The van der Waals surface area contributed by atoms with Crippen LogP contribution in [-0.2, 0) is 19.5 Å². The molecule has 0 aliphatic heterocycles. The smallest absolute Gasteiger partial charge is 0.0899 e. The molecule has 2 rings (SSSR count). The topological polar surface area (TPSA) is 53.0 Å². The Hall–Kier alpha value is -1.28. The first-order valence-electron chi connectivity index (χ1n) is 5.73. The van der Waals surface area contributed by atoms with Gasteiger partial charge in [-0.15, -0.1) is 0 Å². The average molecular weight is 333 g/mol. The van der Waals surface area contributed by atoms with Gasteiger partial charge in [-0.05, 0) is 37.8 Å². The summed E-state index contributed by atoms with van der Waals surface area (Å²) in [5.41, 5.74) is -0.0301. The van der Waals surface area contributed by atoms with Gasteiger partial charge in [0, 0.05) is 25.7 Å². The summed E-state index contributed by atoms with van der Waals surface area (Å²) >= 11 is 0. The minimum atomic E-state index is -1.24. The molecule has 1 radical (unpaired) electrons. The largest absolute Gasteiger partial charge is 0.543 e. The Balaban J connectivity index is 0.000000306. The number of carboxylic acids is 1. The number of pyridine rings is 1. The molecule has 0 N–H and O–H groups in total. The summed E-state index contributed by atoms with van der Waals surface area (Å²) in [5.74, 6) is -1.24. The quantitative estimate of drug-likeness (QED) is 0.584. The molecule has 18 heavy (non-hydrogen) atoms. The minimum absolute atomic E-state index is 0. The Bertz CT molecular complexity index is 362. The molecule has 1 aromatic rings. The molecule has 0 unspecified atom stereocenters. The Kier molecular flexibility index (Phi) is 10.1. The van der Waals surface area contributed by atoms with E-state index in [-0.39, 0.29) is 25.2 Å². The Morgan fingerprint density at radius 2 is 1.50 bits per heavy atom. The van der Waals surface area contributed by atoms with Crippen LogP contribution in [0.25, 0.3) is 0 Å². The van der Waals surface area contributed by atoms with Crippen molar-refractivity contribution in [2.75, 3.05) is 0 Å². The van der Waals surface area contributed by atoms with Crippen molar-refractivity contribution in [1.82, 2.24) is 4.98 Å². The molecule has 1 heterocycles. The van der Waals surface area contributed by atoms with Crippen LogP contribution >= 0.6 is 0 Å². The second-order valence-electron chi connectivity index (χ2n) is 3.60. The van der Waals surface area contributed by atoms with Crippen molar-refractivity contribution >= 4 is 5.97 Å². The molecule has 1 aliphatic carbocycles. The van der Waals surface area contributed by atoms with E-state index < -0.39 is 5.97 Å². The van der Waals surface area contributed by atoms with Gasteiger partial charge in [-0.25, -0.2) is 0 Å². The van der Waals surface area contributed by atoms with Gasteiger partial charge in [-0.3, -0.25) is 4.98 Å². The molecule has 99 valence electrons. The molecular formula is C14H16NO2Rh-. The van der Waals surface area contributed by atoms with Crippen LogP contribution in [0.2, 0.25) is 0 Å². The second-order valence-corrected chi connectivity index (χ2v) is 3.60. The van der Waals surface area contributed by atoms with Gasteiger partial charge in [0.15, 0.2) is 0 Å². The molecule has 1 aliphatic rings. The summed E-state index contributed by atoms with van der Waals surface area (Å²) in [7, 11) is 0. The van der Waals surface area contributed by atoms with Gasteiger partial charge < -0.3 is 9.90 Å². The standard InChI is InChI=1S/C8H12.C6H5NO2.Rh/c1-2-4-6-8-7-5-3-1;8-6(9)5-3-1-2-4-7-5;/h1-2,7-8H,3-6H2;1-4H,(H,8,9);/p-1/b2-1-,8-7-;;. The van der Waals surface area contributed by atoms with Crippen molar-refractivity contribution in [1.29, 1.82) is 0 Å². The van der Waals surface area contributed by atoms with Crippen LogP contribution < -0.4 is 5.11 Å². The molecule has 0 saturated heterocycles. The van der Waals surface area contributed by atoms with Crippen LogP contribution in [0.1, 0.15) is 36.2 Å². The third-order valence-corrected chi connectivity index (χ3v) is 2.21. The first-order chi connectivity index (χ1) is 8.30. The number of allylic oxidation sites excluding steroid dienone is 4. The van der Waals surface area contributed by atoms with Gasteiger partial charge in [0.05, 0.1) is 11.7 Å². The first kappa shape index (κ1) is 16.7. The van der Waals surface area contributed by atoms with Gasteiger partial charge in [-0.2, -0.15) is 0 Å². The fraction of sp³-hybridized carbons (Fsp3) is 0.286. The summed E-state index contributed by atoms with van der Waals surface area (Å²) in [6.45, 7) is 0. The van der Waals surface area contributed by atoms with E-state index in [1.165, 1.54) is 37.9 Å². The first-order valence-corrected chi connectivity index (χ1v) is 5.73. The molecule has 0 amide bonds. The predicted molar refractivity (Wildman–Crippen MR) is 65.3 cm³/mol. The zero-order valence-corrected chi connectivity index (χ0v) is 11.7. The number of carboxylic acid groups (broad SMARTS) is 1. The minimum Gasteiger partial charge on any atom is -0.543 e. The van der Waals surface area contributed by atoms with Crippen molar-refractivity contribution in [3.05, 3.63) is 54.4 Å². The monoisotopic (exact) mass is 333 g/mol. The summed E-state index contributed by atoms with van der Waals surface area (Å²) in [6.07, 6.45) is 15.4. The van der Waals surface area contributed by atoms with Crippen molar-refractivity contribution in [2.24, 2.45) is 0 Å². The van der Waals surface area contributed by atoms with E-state index in [0.29, 0.717) is 0 Å². The molecule has 0 spiro atoms. The van der Waals surface area contributed by atoms with E-state index in [0.717, 1.165) is 0 Å². The summed E-state index contributed by atoms with van der Waals surface area (Å²) in [4.78, 5) is 13.5. The SMILES string of the molecule is C1=C\CC/C=C\CC/1.O=C([O-])c1ccccn1.[Rh]. The van der Waals surface area contributed by atoms with E-state index in [1.54, 1.807) is 12.1 Å². The number of hydrogen-bond donors (Lipinski definition) is 0. The van der Waals surface area contributed by atoms with Crippen LogP contribution in [0.5, 0.6) is 0 Å². The van der Waals surface area contributed by atoms with Crippen LogP contribution in [-0.4, -0.2) is 11.0 Å². The molecule has 3 nitrogen and oxygen atoms in total. The fourth-order valence-electron chi connectivity index (χ4n) is 1.34. The third-order valence-electron chi connectivity index (χ3n) is 2.21. The van der Waals surface area contributed by atoms with Crippen molar-refractivity contribution in [3.63, 3.8) is 0 Å². The second kappa shape index (κ2) is 10.9. The Morgan fingerprint density at radius 3 is 1.78 bits per heavy atom. The van der Waals surface area contributed by atoms with Gasteiger partial charge in [-0.1, -0.05) is 30.4 Å². The van der Waals surface area contributed by atoms with E-state index in [2.05, 4.69) is 29.3 Å². The maximum atomic E-state index is 10.0. The molecule has 0 bridgehead atoms. The molecule has 0 fully saturated rings. The van der Waals surface area contributed by atoms with Crippen LogP contribution in [0.3, 0.4) is 0 Å². The van der Waals surface area contributed by atoms with Crippen LogP contribution in [0.15, 0.2) is 48.7 Å². The zero-order valence-electron chi connectivity index (χ0n) is 10.0. The van der Waals surface area contributed by atoms with E-state index in [4.69, 9.17) is 0 Å². The van der Waals surface area contributed by atoms with E-state index in [1.807, 2.05) is 0 Å². The fourth-order valence-corrected chi connectivity index (χ4v) is 1.34. The van der Waals surface area contributed by atoms with Gasteiger partial charge in [0.2, 0.25) is 0 Å². The molecule has 0 aromatic carbocycles. The molecule has 0 atom stereocenters. The number of aromatic carboxylic acids is 1. The summed E-state index contributed by atoms with van der Waals surface area (Å²) in [6, 6.07) is 4.62. The van der Waals surface area contributed by atoms with Gasteiger partial charge in [0.1, 0.15) is 0 Å². The maximum Gasteiger partial charge on any atom is 0.0899 e. The van der Waals surface area contributed by atoms with Gasteiger partial charge >= 0.3 is 0 Å². The molecular weight excluding hydrogens is 317 g/mol. The Morgan fingerprint density at radius 1 is 1.00 bits per heavy atom. The number of aromatic nitrogens is 1. The molecule has 0 saturated carbocycles. The predicted octanol–water partition coefficient (Wildman–Crippen LogP) is 2.12. The van der Waals surface area contributed by atoms with E-state index in [9.17, 15) is 9.90 Å². The van der Waals surface area contributed by atoms with Crippen LogP contribution in [0.4, 0.5) is 0 Å². The number of hydrogen-bond acceptors (Lipinski definition) is 3. The summed E-state index contributed by atoms with van der Waals surface area (Å²) < 4.78 is 0. The third kappa shape index (κ3) is 7.91. The number of nitrogens with zero attached hydrogens (tertiary/aromatic N) is 1. The zero-order chi connectivity index (χ0) is 12.3. The normalized spacial score (nSPS) is 16.9. The molecule has 4 heteroatoms. The molecule has 1 aromatic heterocycles. The summed E-state index contributed by atoms with van der Waals surface area (Å²) in [5, 5.41) is 10.0. The van der Waals surface area contributed by atoms with Crippen LogP contribution in [0, 0.1) is 0 Å². The number of carbonyl (C=O) groups is 1.